The van der Waals surface area contributed by atoms with Crippen molar-refractivity contribution in [1.82, 2.24) is 5.32 Å². The Bertz CT molecular complexity index is 592. The molecular weight excluding hydrogens is 318 g/mol. The molecule has 116 valence electrons. The van der Waals surface area contributed by atoms with Gasteiger partial charge in [0.2, 0.25) is 5.91 Å². The van der Waals surface area contributed by atoms with Crippen molar-refractivity contribution >= 4 is 29.3 Å². The van der Waals surface area contributed by atoms with Gasteiger partial charge in [0.1, 0.15) is 12.4 Å². The lowest BCUT2D eigenvalue weighted by Crippen LogP contribution is -2.29. The van der Waals surface area contributed by atoms with Gasteiger partial charge >= 0.3 is 0 Å². The highest BCUT2D eigenvalue weighted by molar-refractivity contribution is 7.99. The molecule has 0 saturated carbocycles. The van der Waals surface area contributed by atoms with E-state index < -0.39 is 0 Å². The topological polar surface area (TPSA) is 38.3 Å². The van der Waals surface area contributed by atoms with E-state index in [1.165, 1.54) is 0 Å². The Balaban J connectivity index is 1.57. The zero-order chi connectivity index (χ0) is 15.6. The highest BCUT2D eigenvalue weighted by Crippen LogP contribution is 2.20. The van der Waals surface area contributed by atoms with E-state index in [2.05, 4.69) is 5.32 Å². The van der Waals surface area contributed by atoms with Gasteiger partial charge in [-0.25, -0.2) is 0 Å². The van der Waals surface area contributed by atoms with Crippen LogP contribution in [0.25, 0.3) is 0 Å². The normalized spacial score (nSPS) is 10.2. The van der Waals surface area contributed by atoms with Gasteiger partial charge in [-0.15, -0.1) is 11.8 Å². The summed E-state index contributed by atoms with van der Waals surface area (Å²) in [4.78, 5) is 11.7. The molecule has 0 unspecified atom stereocenters. The number of nitrogens with one attached hydrogen (secondary N) is 1. The van der Waals surface area contributed by atoms with Gasteiger partial charge in [0.05, 0.1) is 12.3 Å². The highest BCUT2D eigenvalue weighted by atomic mass is 35.5. The van der Waals surface area contributed by atoms with Crippen molar-refractivity contribution in [1.29, 1.82) is 0 Å². The van der Waals surface area contributed by atoms with Crippen LogP contribution in [0.15, 0.2) is 54.6 Å². The van der Waals surface area contributed by atoms with Gasteiger partial charge in [-0.05, 0) is 23.8 Å². The molecule has 1 N–H and O–H groups in total. The first-order chi connectivity index (χ1) is 10.8. The molecular formula is C17H18ClNO2S. The van der Waals surface area contributed by atoms with Gasteiger partial charge in [-0.1, -0.05) is 48.0 Å². The van der Waals surface area contributed by atoms with Crippen molar-refractivity contribution < 1.29 is 9.53 Å². The lowest BCUT2D eigenvalue weighted by molar-refractivity contribution is -0.118. The van der Waals surface area contributed by atoms with Gasteiger partial charge in [0.25, 0.3) is 0 Å². The number of thioether (sulfide) groups is 1. The lowest BCUT2D eigenvalue weighted by atomic mass is 10.2. The second-order valence-corrected chi connectivity index (χ2v) is 5.99. The van der Waals surface area contributed by atoms with Gasteiger partial charge < -0.3 is 10.1 Å². The molecule has 3 nitrogen and oxygen atoms in total. The Labute approximate surface area is 140 Å². The van der Waals surface area contributed by atoms with E-state index in [1.807, 2.05) is 54.6 Å². The third-order valence-corrected chi connectivity index (χ3v) is 4.23. The zero-order valence-electron chi connectivity index (χ0n) is 12.1. The molecule has 2 rings (SSSR count). The number of hydrogen-bond acceptors (Lipinski definition) is 3. The van der Waals surface area contributed by atoms with Crippen LogP contribution in [0.4, 0.5) is 0 Å². The predicted octanol–water partition coefficient (Wildman–Crippen LogP) is 3.77. The van der Waals surface area contributed by atoms with Crippen LogP contribution in [0.5, 0.6) is 5.75 Å². The number of ether oxygens (including phenoxy) is 1. The Morgan fingerprint density at radius 1 is 1.09 bits per heavy atom. The van der Waals surface area contributed by atoms with E-state index in [9.17, 15) is 4.79 Å². The first-order valence-corrected chi connectivity index (χ1v) is 8.54. The number of benzene rings is 2. The Morgan fingerprint density at radius 2 is 1.82 bits per heavy atom. The molecule has 0 radical (unpaired) electrons. The predicted molar refractivity (Wildman–Crippen MR) is 92.6 cm³/mol. The van der Waals surface area contributed by atoms with Gasteiger partial charge in [-0.3, -0.25) is 4.79 Å². The molecule has 2 aromatic carbocycles. The zero-order valence-corrected chi connectivity index (χ0v) is 13.7. The molecule has 0 heterocycles. The second-order valence-electron chi connectivity index (χ2n) is 4.60. The minimum absolute atomic E-state index is 0.00807. The quantitative estimate of drug-likeness (QED) is 0.746. The summed E-state index contributed by atoms with van der Waals surface area (Å²) in [5, 5.41) is 3.58. The fourth-order valence-electron chi connectivity index (χ4n) is 1.80. The summed E-state index contributed by atoms with van der Waals surface area (Å²) in [5.41, 5.74) is 1.05. The van der Waals surface area contributed by atoms with Crippen molar-refractivity contribution in [2.24, 2.45) is 0 Å². The van der Waals surface area contributed by atoms with Gasteiger partial charge in [0, 0.05) is 10.8 Å². The summed E-state index contributed by atoms with van der Waals surface area (Å²) in [7, 11) is 0. The summed E-state index contributed by atoms with van der Waals surface area (Å²) in [6.45, 7) is 0.964. The smallest absolute Gasteiger partial charge is 0.230 e. The molecule has 0 saturated heterocycles. The number of carbonyl (C=O) groups excluding carboxylic acids is 1. The first-order valence-electron chi connectivity index (χ1n) is 7.01. The van der Waals surface area contributed by atoms with Crippen LogP contribution >= 0.6 is 23.4 Å². The maximum absolute atomic E-state index is 11.7. The fraction of sp³-hybridized carbons (Fsp3) is 0.235. The molecule has 0 atom stereocenters. The maximum atomic E-state index is 11.7. The number of halogens is 1. The van der Waals surface area contributed by atoms with Crippen molar-refractivity contribution in [2.75, 3.05) is 18.9 Å². The van der Waals surface area contributed by atoms with E-state index >= 15 is 0 Å². The molecule has 0 bridgehead atoms. The van der Waals surface area contributed by atoms with E-state index in [0.29, 0.717) is 18.9 Å². The molecule has 2 aromatic rings. The lowest BCUT2D eigenvalue weighted by Gasteiger charge is -2.08. The third-order valence-electron chi connectivity index (χ3n) is 2.88. The van der Waals surface area contributed by atoms with Gasteiger partial charge in [-0.2, -0.15) is 0 Å². The molecule has 22 heavy (non-hydrogen) atoms. The average molecular weight is 336 g/mol. The Morgan fingerprint density at radius 3 is 2.59 bits per heavy atom. The summed E-state index contributed by atoms with van der Waals surface area (Å²) in [6, 6.07) is 17.2. The Hall–Kier alpha value is -1.65. The highest BCUT2D eigenvalue weighted by Gasteiger charge is 2.03. The fourth-order valence-corrected chi connectivity index (χ4v) is 2.94. The third kappa shape index (κ3) is 6.00. The summed E-state index contributed by atoms with van der Waals surface area (Å²) >= 11 is 7.62. The molecule has 0 aliphatic rings. The van der Waals surface area contributed by atoms with Crippen molar-refractivity contribution in [3.8, 4) is 5.75 Å². The molecule has 5 heteroatoms. The summed E-state index contributed by atoms with van der Waals surface area (Å²) < 4.78 is 5.51. The van der Waals surface area contributed by atoms with Gasteiger partial charge in [0.15, 0.2) is 0 Å². The molecule has 0 fully saturated rings. The van der Waals surface area contributed by atoms with E-state index in [0.717, 1.165) is 22.1 Å². The SMILES string of the molecule is O=C(CSCc1ccccc1Cl)NCCOc1ccccc1. The monoisotopic (exact) mass is 335 g/mol. The summed E-state index contributed by atoms with van der Waals surface area (Å²) in [6.07, 6.45) is 0. The maximum Gasteiger partial charge on any atom is 0.230 e. The average Bonchev–Trinajstić information content (AvgIpc) is 2.54. The Kier molecular flexibility index (Phi) is 7.13. The van der Waals surface area contributed by atoms with Crippen LogP contribution in [-0.4, -0.2) is 24.8 Å². The minimum atomic E-state index is 0.00807. The molecule has 1 amide bonds. The molecule has 0 spiro atoms. The van der Waals surface area contributed by atoms with Crippen molar-refractivity contribution in [3.05, 3.63) is 65.2 Å². The number of amides is 1. The molecule has 0 aliphatic carbocycles. The minimum Gasteiger partial charge on any atom is -0.492 e. The van der Waals surface area contributed by atoms with Crippen LogP contribution in [-0.2, 0) is 10.5 Å². The van der Waals surface area contributed by atoms with Crippen molar-refractivity contribution in [3.63, 3.8) is 0 Å². The van der Waals surface area contributed by atoms with E-state index in [-0.39, 0.29) is 5.91 Å². The molecule has 0 aliphatic heterocycles. The van der Waals surface area contributed by atoms with Crippen LogP contribution in [0.1, 0.15) is 5.56 Å². The standard InChI is InChI=1S/C17H18ClNO2S/c18-16-9-5-4-6-14(16)12-22-13-17(20)19-10-11-21-15-7-2-1-3-8-15/h1-9H,10-13H2,(H,19,20). The second kappa shape index (κ2) is 9.38. The van der Waals surface area contributed by atoms with E-state index in [1.54, 1.807) is 11.8 Å². The van der Waals surface area contributed by atoms with Crippen LogP contribution in [0.3, 0.4) is 0 Å². The number of rotatable bonds is 8. The van der Waals surface area contributed by atoms with Crippen LogP contribution in [0.2, 0.25) is 5.02 Å². The number of carbonyl (C=O) groups is 1. The number of para-hydroxylation sites is 1. The number of hydrogen-bond donors (Lipinski definition) is 1. The van der Waals surface area contributed by atoms with Crippen LogP contribution < -0.4 is 10.1 Å². The summed E-state index contributed by atoms with van der Waals surface area (Å²) in [5.74, 6) is 1.96. The molecule has 0 aromatic heterocycles. The largest absolute Gasteiger partial charge is 0.492 e. The van der Waals surface area contributed by atoms with E-state index in [4.69, 9.17) is 16.3 Å². The van der Waals surface area contributed by atoms with Crippen LogP contribution in [0, 0.1) is 0 Å². The van der Waals surface area contributed by atoms with Crippen molar-refractivity contribution in [2.45, 2.75) is 5.75 Å². The first kappa shape index (κ1) is 16.7.